The maximum absolute atomic E-state index is 15.0. The molecule has 2 aromatic rings. The standard InChI is InChI=1S/C25H38FNO2S/c1-16(2)23-19(14-28)22(18-12-10-11-13-21(18)26)20(24(27-23)17(3)4)15-29-30(8,9)25(5,6)7/h10-13,16-17,28H,14-15H2,1-9H3. The lowest BCUT2D eigenvalue weighted by molar-refractivity contribution is 0.279. The van der Waals surface area contributed by atoms with Crippen molar-refractivity contribution in [1.29, 1.82) is 0 Å². The maximum atomic E-state index is 15.0. The molecular formula is C25H38FNO2S. The van der Waals surface area contributed by atoms with E-state index in [0.29, 0.717) is 17.7 Å². The number of pyridine rings is 1. The van der Waals surface area contributed by atoms with Crippen LogP contribution in [0.4, 0.5) is 4.39 Å². The number of hydrogen-bond acceptors (Lipinski definition) is 3. The van der Waals surface area contributed by atoms with Gasteiger partial charge in [-0.3, -0.25) is 4.98 Å². The van der Waals surface area contributed by atoms with Gasteiger partial charge < -0.3 is 9.29 Å². The lowest BCUT2D eigenvalue weighted by Crippen LogP contribution is -2.25. The first-order valence-corrected chi connectivity index (χ1v) is 13.0. The summed E-state index contributed by atoms with van der Waals surface area (Å²) in [7, 11) is -1.38. The monoisotopic (exact) mass is 435 g/mol. The molecule has 0 bridgehead atoms. The largest absolute Gasteiger partial charge is 0.392 e. The minimum atomic E-state index is -1.38. The quantitative estimate of drug-likeness (QED) is 0.513. The Morgan fingerprint density at radius 1 is 1.00 bits per heavy atom. The number of rotatable bonds is 7. The molecule has 3 nitrogen and oxygen atoms in total. The highest BCUT2D eigenvalue weighted by atomic mass is 32.3. The Morgan fingerprint density at radius 2 is 1.53 bits per heavy atom. The summed E-state index contributed by atoms with van der Waals surface area (Å²) in [6.45, 7) is 15.0. The van der Waals surface area contributed by atoms with Gasteiger partial charge in [0.05, 0.1) is 13.2 Å². The van der Waals surface area contributed by atoms with Crippen LogP contribution in [0, 0.1) is 5.82 Å². The second-order valence-corrected chi connectivity index (χ2v) is 13.7. The second-order valence-electron chi connectivity index (χ2n) is 9.77. The molecule has 1 heterocycles. The average molecular weight is 436 g/mol. The fraction of sp³-hybridized carbons (Fsp3) is 0.560. The van der Waals surface area contributed by atoms with Gasteiger partial charge in [0, 0.05) is 32.8 Å². The van der Waals surface area contributed by atoms with E-state index in [9.17, 15) is 9.50 Å². The molecule has 0 atom stereocenters. The first-order chi connectivity index (χ1) is 13.8. The fourth-order valence-corrected chi connectivity index (χ4v) is 4.10. The normalized spacial score (nSPS) is 13.4. The number of aliphatic hydroxyl groups is 1. The first-order valence-electron chi connectivity index (χ1n) is 10.6. The average Bonchev–Trinajstić information content (AvgIpc) is 2.64. The summed E-state index contributed by atoms with van der Waals surface area (Å²) < 4.78 is 21.5. The highest BCUT2D eigenvalue weighted by Gasteiger charge is 2.31. The zero-order valence-electron chi connectivity index (χ0n) is 20.0. The van der Waals surface area contributed by atoms with E-state index in [0.717, 1.165) is 22.5 Å². The molecule has 0 saturated heterocycles. The van der Waals surface area contributed by atoms with E-state index < -0.39 is 10.3 Å². The van der Waals surface area contributed by atoms with Crippen LogP contribution in [0.25, 0.3) is 11.1 Å². The smallest absolute Gasteiger partial charge is 0.131 e. The third-order valence-electron chi connectivity index (χ3n) is 5.83. The molecule has 30 heavy (non-hydrogen) atoms. The van der Waals surface area contributed by atoms with E-state index in [-0.39, 0.29) is 29.0 Å². The van der Waals surface area contributed by atoms with E-state index in [1.54, 1.807) is 12.1 Å². The second kappa shape index (κ2) is 9.37. The van der Waals surface area contributed by atoms with Crippen molar-refractivity contribution in [3.63, 3.8) is 0 Å². The molecule has 0 fully saturated rings. The Hall–Kier alpha value is -1.43. The molecule has 0 unspecified atom stereocenters. The van der Waals surface area contributed by atoms with Crippen molar-refractivity contribution < 1.29 is 13.7 Å². The Labute approximate surface area is 183 Å². The summed E-state index contributed by atoms with van der Waals surface area (Å²) >= 11 is 0. The zero-order chi connectivity index (χ0) is 22.9. The van der Waals surface area contributed by atoms with E-state index >= 15 is 0 Å². The molecule has 0 spiro atoms. The molecule has 0 aliphatic heterocycles. The highest BCUT2D eigenvalue weighted by Crippen LogP contribution is 2.54. The molecule has 168 valence electrons. The van der Waals surface area contributed by atoms with Gasteiger partial charge in [-0.25, -0.2) is 4.39 Å². The lowest BCUT2D eigenvalue weighted by Gasteiger charge is -2.44. The predicted molar refractivity (Wildman–Crippen MR) is 128 cm³/mol. The molecule has 1 aromatic carbocycles. The van der Waals surface area contributed by atoms with Gasteiger partial charge in [0.2, 0.25) is 0 Å². The van der Waals surface area contributed by atoms with Gasteiger partial charge in [-0.05, 0) is 36.0 Å². The van der Waals surface area contributed by atoms with Crippen LogP contribution in [-0.4, -0.2) is 27.3 Å². The maximum Gasteiger partial charge on any atom is 0.131 e. The van der Waals surface area contributed by atoms with Gasteiger partial charge >= 0.3 is 0 Å². The number of nitrogens with zero attached hydrogens (tertiary/aromatic N) is 1. The van der Waals surface area contributed by atoms with Crippen molar-refractivity contribution in [2.45, 2.75) is 78.3 Å². The van der Waals surface area contributed by atoms with Crippen LogP contribution in [0.3, 0.4) is 0 Å². The number of aromatic nitrogens is 1. The minimum absolute atomic E-state index is 0.00820. The number of aliphatic hydroxyl groups excluding tert-OH is 1. The first kappa shape index (κ1) is 24.8. The van der Waals surface area contributed by atoms with E-state index in [1.165, 1.54) is 6.07 Å². The Morgan fingerprint density at radius 3 is 2.00 bits per heavy atom. The van der Waals surface area contributed by atoms with Crippen molar-refractivity contribution in [3.8, 4) is 11.1 Å². The summed E-state index contributed by atoms with van der Waals surface area (Å²) in [6, 6.07) is 6.77. The van der Waals surface area contributed by atoms with Gasteiger partial charge in [-0.15, -0.1) is 10.3 Å². The lowest BCUT2D eigenvalue weighted by atomic mass is 9.87. The molecule has 2 rings (SSSR count). The number of benzene rings is 1. The van der Waals surface area contributed by atoms with Crippen molar-refractivity contribution >= 4 is 10.3 Å². The van der Waals surface area contributed by atoms with Crippen molar-refractivity contribution in [1.82, 2.24) is 4.98 Å². The molecule has 5 heteroatoms. The third kappa shape index (κ3) is 5.06. The molecule has 0 aliphatic rings. The van der Waals surface area contributed by atoms with Gasteiger partial charge in [0.25, 0.3) is 0 Å². The topological polar surface area (TPSA) is 42.4 Å². The summed E-state index contributed by atoms with van der Waals surface area (Å²) in [4.78, 5) is 4.97. The van der Waals surface area contributed by atoms with Gasteiger partial charge in [-0.1, -0.05) is 66.7 Å². The van der Waals surface area contributed by atoms with Crippen molar-refractivity contribution in [2.75, 3.05) is 12.5 Å². The molecule has 1 aromatic heterocycles. The van der Waals surface area contributed by atoms with Crippen molar-refractivity contribution in [3.05, 3.63) is 52.6 Å². The molecule has 0 aliphatic carbocycles. The van der Waals surface area contributed by atoms with Crippen LogP contribution in [0.1, 0.15) is 82.8 Å². The summed E-state index contributed by atoms with van der Waals surface area (Å²) in [5.41, 5.74) is 4.55. The van der Waals surface area contributed by atoms with E-state index in [4.69, 9.17) is 9.17 Å². The zero-order valence-corrected chi connectivity index (χ0v) is 20.8. The van der Waals surface area contributed by atoms with Crippen LogP contribution < -0.4 is 0 Å². The van der Waals surface area contributed by atoms with Crippen LogP contribution in [-0.2, 0) is 17.4 Å². The SMILES string of the molecule is CC(C)c1nc(C(C)C)c(COS(C)(C)C(C)(C)C)c(-c2ccccc2F)c1CO. The van der Waals surface area contributed by atoms with Gasteiger partial charge in [-0.2, -0.15) is 0 Å². The van der Waals surface area contributed by atoms with Crippen LogP contribution in [0.2, 0.25) is 0 Å². The van der Waals surface area contributed by atoms with Gasteiger partial charge in [0.15, 0.2) is 0 Å². The Bertz CT molecular complexity index is 885. The minimum Gasteiger partial charge on any atom is -0.392 e. The van der Waals surface area contributed by atoms with Crippen LogP contribution in [0.15, 0.2) is 24.3 Å². The molecule has 0 saturated carbocycles. The summed E-state index contributed by atoms with van der Waals surface area (Å²) in [5.74, 6) is -0.0413. The highest BCUT2D eigenvalue weighted by molar-refractivity contribution is 8.29. The Kier molecular flexibility index (Phi) is 7.76. The molecule has 0 amide bonds. The molecule has 1 N–H and O–H groups in total. The summed E-state index contributed by atoms with van der Waals surface area (Å²) in [6.07, 6.45) is 4.32. The van der Waals surface area contributed by atoms with E-state index in [2.05, 4.69) is 61.0 Å². The van der Waals surface area contributed by atoms with E-state index in [1.807, 2.05) is 6.07 Å². The fourth-order valence-electron chi connectivity index (χ4n) is 3.34. The molecule has 0 radical (unpaired) electrons. The van der Waals surface area contributed by atoms with Gasteiger partial charge in [0.1, 0.15) is 5.82 Å². The van der Waals surface area contributed by atoms with Crippen molar-refractivity contribution in [2.24, 2.45) is 0 Å². The number of halogens is 1. The summed E-state index contributed by atoms with van der Waals surface area (Å²) in [5, 5.41) is 10.3. The molecular weight excluding hydrogens is 397 g/mol. The third-order valence-corrected chi connectivity index (χ3v) is 9.49. The Balaban J connectivity index is 2.82. The number of hydrogen-bond donors (Lipinski definition) is 1. The van der Waals surface area contributed by atoms with Crippen LogP contribution >= 0.6 is 10.3 Å². The van der Waals surface area contributed by atoms with Crippen LogP contribution in [0.5, 0.6) is 0 Å². The predicted octanol–water partition coefficient (Wildman–Crippen LogP) is 6.92.